The number of anilines is 1. The van der Waals surface area contributed by atoms with E-state index in [1.54, 1.807) is 65.1 Å². The van der Waals surface area contributed by atoms with E-state index < -0.39 is 6.04 Å². The van der Waals surface area contributed by atoms with Crippen LogP contribution in [-0.4, -0.2) is 84.1 Å². The summed E-state index contributed by atoms with van der Waals surface area (Å²) in [6.45, 7) is 6.91. The highest BCUT2D eigenvalue weighted by Crippen LogP contribution is 2.40. The Kier molecular flexibility index (Phi) is 9.83. The number of carbonyl (C=O) groups excluding carboxylic acids is 3. The molecule has 3 aromatic rings. The molecule has 1 saturated heterocycles. The molecule has 238 valence electrons. The number of ether oxygens (including phenoxy) is 1. The van der Waals surface area contributed by atoms with Gasteiger partial charge in [-0.3, -0.25) is 35.1 Å². The zero-order valence-corrected chi connectivity index (χ0v) is 27.7. The highest BCUT2D eigenvalue weighted by atomic mass is 35.5. The van der Waals surface area contributed by atoms with Crippen molar-refractivity contribution in [3.63, 3.8) is 0 Å². The normalized spacial score (nSPS) is 16.6. The minimum atomic E-state index is -0.829. The van der Waals surface area contributed by atoms with Gasteiger partial charge in [0.05, 0.1) is 19.2 Å². The average Bonchev–Trinajstić information content (AvgIpc) is 3.27. The van der Waals surface area contributed by atoms with Gasteiger partial charge in [0.15, 0.2) is 5.78 Å². The Bertz CT molecular complexity index is 1750. The Morgan fingerprint density at radius 2 is 1.63 bits per heavy atom. The maximum absolute atomic E-state index is 13.6. The largest absolute Gasteiger partial charge is 0.497 e. The first kappa shape index (κ1) is 32.8. The first-order valence-corrected chi connectivity index (χ1v) is 16.0. The molecular weight excluding hydrogens is 624 g/mol. The number of aryl methyl sites for hydroxylation is 1. The van der Waals surface area contributed by atoms with E-state index >= 15 is 0 Å². The number of rotatable bonds is 7. The fourth-order valence-corrected chi connectivity index (χ4v) is 6.81. The molecule has 2 aromatic carbocycles. The number of thiophene rings is 1. The number of hydrogen-bond acceptors (Lipinski definition) is 8. The van der Waals surface area contributed by atoms with E-state index in [0.29, 0.717) is 48.2 Å². The molecule has 12 heteroatoms. The zero-order chi connectivity index (χ0) is 33.1. The van der Waals surface area contributed by atoms with Gasteiger partial charge in [-0.05, 0) is 68.8 Å². The number of halogens is 1. The second-order valence-electron chi connectivity index (χ2n) is 11.1. The summed E-state index contributed by atoms with van der Waals surface area (Å²) >= 11 is 7.68. The number of fused-ring (bicyclic) bond motifs is 1. The molecule has 2 amide bonds. The Hall–Kier alpha value is -4.61. The van der Waals surface area contributed by atoms with Crippen LogP contribution in [0.15, 0.2) is 65.7 Å². The third-order valence-electron chi connectivity index (χ3n) is 8.17. The number of amides is 2. The molecule has 3 heterocycles. The Morgan fingerprint density at radius 3 is 2.24 bits per heavy atom. The van der Waals surface area contributed by atoms with Gasteiger partial charge in [-0.25, -0.2) is 0 Å². The minimum absolute atomic E-state index is 0.0586. The van der Waals surface area contributed by atoms with Crippen LogP contribution in [0.5, 0.6) is 5.75 Å². The van der Waals surface area contributed by atoms with Gasteiger partial charge in [-0.1, -0.05) is 23.7 Å². The SMILES string of the molecule is COc1ccc(C(=O)/C=C/C(=O)N2CCN(C(=O)C[C@@H]3N=C(c4ccc(Cl)cc4)c4c(sc(C)c4C)N(C(C)=N)C3=N)CC2)cc1. The van der Waals surface area contributed by atoms with Crippen molar-refractivity contribution in [1.82, 2.24) is 9.80 Å². The lowest BCUT2D eigenvalue weighted by Gasteiger charge is -2.35. The molecule has 0 bridgehead atoms. The molecule has 0 saturated carbocycles. The molecule has 1 aromatic heterocycles. The molecule has 2 N–H and O–H groups in total. The van der Waals surface area contributed by atoms with Gasteiger partial charge in [0, 0.05) is 58.8 Å². The third kappa shape index (κ3) is 6.80. The lowest BCUT2D eigenvalue weighted by molar-refractivity contribution is -0.137. The van der Waals surface area contributed by atoms with Crippen molar-refractivity contribution in [1.29, 1.82) is 10.8 Å². The van der Waals surface area contributed by atoms with Gasteiger partial charge in [-0.15, -0.1) is 11.3 Å². The first-order chi connectivity index (χ1) is 22.0. The number of hydrogen-bond donors (Lipinski definition) is 2. The van der Waals surface area contributed by atoms with Gasteiger partial charge in [0.1, 0.15) is 28.5 Å². The summed E-state index contributed by atoms with van der Waals surface area (Å²) in [4.78, 5) is 49.9. The van der Waals surface area contributed by atoms with E-state index in [9.17, 15) is 14.4 Å². The number of aliphatic imine (C=N–C) groups is 1. The van der Waals surface area contributed by atoms with Crippen LogP contribution in [0.1, 0.15) is 45.3 Å². The second kappa shape index (κ2) is 13.8. The topological polar surface area (TPSA) is 130 Å². The number of allylic oxidation sites excluding steroid dienone is 1. The number of ketones is 1. The third-order valence-corrected chi connectivity index (χ3v) is 9.61. The summed E-state index contributed by atoms with van der Waals surface area (Å²) in [6, 6.07) is 13.1. The van der Waals surface area contributed by atoms with Crippen molar-refractivity contribution >= 4 is 62.9 Å². The van der Waals surface area contributed by atoms with E-state index in [0.717, 1.165) is 26.6 Å². The number of nitrogens with one attached hydrogen (secondary N) is 2. The molecule has 2 aliphatic rings. The predicted octanol–water partition coefficient (Wildman–Crippen LogP) is 5.53. The van der Waals surface area contributed by atoms with E-state index in [2.05, 4.69) is 0 Å². The molecule has 10 nitrogen and oxygen atoms in total. The Labute approximate surface area is 277 Å². The summed E-state index contributed by atoms with van der Waals surface area (Å²) in [6.07, 6.45) is 2.46. The number of carbonyl (C=O) groups is 3. The number of nitrogens with zero attached hydrogens (tertiary/aromatic N) is 4. The molecule has 2 aliphatic heterocycles. The van der Waals surface area contributed by atoms with Crippen molar-refractivity contribution in [2.45, 2.75) is 33.2 Å². The molecule has 1 fully saturated rings. The maximum atomic E-state index is 13.6. The second-order valence-corrected chi connectivity index (χ2v) is 12.7. The molecule has 0 spiro atoms. The molecule has 46 heavy (non-hydrogen) atoms. The van der Waals surface area contributed by atoms with Crippen LogP contribution in [0.2, 0.25) is 5.02 Å². The molecule has 0 unspecified atom stereocenters. The van der Waals surface area contributed by atoms with E-state index in [-0.39, 0.29) is 35.7 Å². The average molecular weight is 659 g/mol. The van der Waals surface area contributed by atoms with Gasteiger partial charge in [0.2, 0.25) is 11.8 Å². The molecule has 5 rings (SSSR count). The van der Waals surface area contributed by atoms with Gasteiger partial charge >= 0.3 is 0 Å². The van der Waals surface area contributed by atoms with Crippen LogP contribution in [0.4, 0.5) is 5.00 Å². The fraction of sp³-hybridized carbons (Fsp3) is 0.294. The lowest BCUT2D eigenvalue weighted by Crippen LogP contribution is -2.51. The maximum Gasteiger partial charge on any atom is 0.246 e. The van der Waals surface area contributed by atoms with Crippen LogP contribution in [0.3, 0.4) is 0 Å². The smallest absolute Gasteiger partial charge is 0.246 e. The van der Waals surface area contributed by atoms with Crippen molar-refractivity contribution in [2.24, 2.45) is 4.99 Å². The van der Waals surface area contributed by atoms with Crippen molar-refractivity contribution < 1.29 is 19.1 Å². The summed E-state index contributed by atoms with van der Waals surface area (Å²) in [5, 5.41) is 19.0. The zero-order valence-electron chi connectivity index (χ0n) is 26.1. The van der Waals surface area contributed by atoms with Gasteiger partial charge in [0.25, 0.3) is 0 Å². The monoisotopic (exact) mass is 658 g/mol. The van der Waals surface area contributed by atoms with Gasteiger partial charge < -0.3 is 14.5 Å². The molecule has 0 aliphatic carbocycles. The van der Waals surface area contributed by atoms with Crippen molar-refractivity contribution in [3.8, 4) is 5.75 Å². The number of benzene rings is 2. The van der Waals surface area contributed by atoms with Gasteiger partial charge in [-0.2, -0.15) is 0 Å². The van der Waals surface area contributed by atoms with E-state index in [4.69, 9.17) is 32.1 Å². The lowest BCUT2D eigenvalue weighted by atomic mass is 9.99. The number of amidine groups is 2. The number of piperazine rings is 1. The quantitative estimate of drug-likeness (QED) is 0.149. The summed E-state index contributed by atoms with van der Waals surface area (Å²) in [5.74, 6) is 0.0919. The van der Waals surface area contributed by atoms with Crippen LogP contribution in [0, 0.1) is 24.7 Å². The Morgan fingerprint density at radius 1 is 1.00 bits per heavy atom. The van der Waals surface area contributed by atoms with Crippen LogP contribution < -0.4 is 9.64 Å². The molecule has 0 radical (unpaired) electrons. The van der Waals surface area contributed by atoms with Crippen LogP contribution in [0.25, 0.3) is 0 Å². The predicted molar refractivity (Wildman–Crippen MR) is 183 cm³/mol. The highest BCUT2D eigenvalue weighted by molar-refractivity contribution is 7.17. The number of methoxy groups -OCH3 is 1. The van der Waals surface area contributed by atoms with Crippen LogP contribution >= 0.6 is 22.9 Å². The summed E-state index contributed by atoms with van der Waals surface area (Å²) in [7, 11) is 1.55. The highest BCUT2D eigenvalue weighted by Gasteiger charge is 2.36. The van der Waals surface area contributed by atoms with E-state index in [1.165, 1.54) is 23.5 Å². The standard InChI is InChI=1S/C34H35ClN6O4S/c1-20-21(2)46-34-31(20)32(24-5-9-25(35)10-6-24)38-27(33(37)41(34)22(3)36)19-30(44)40-17-15-39(16-18-40)29(43)14-13-28(42)23-7-11-26(45-4)12-8-23/h5-14,27,36-37H,15-19H2,1-4H3/b14-13+,36-22?,37-33?/t27-/m0/s1. The van der Waals surface area contributed by atoms with Crippen molar-refractivity contribution in [2.75, 3.05) is 38.2 Å². The molecule has 1 atom stereocenters. The summed E-state index contributed by atoms with van der Waals surface area (Å²) in [5.41, 5.74) is 3.78. The summed E-state index contributed by atoms with van der Waals surface area (Å²) < 4.78 is 5.11. The van der Waals surface area contributed by atoms with Crippen molar-refractivity contribution in [3.05, 3.63) is 92.8 Å². The minimum Gasteiger partial charge on any atom is -0.497 e. The van der Waals surface area contributed by atoms with Crippen LogP contribution in [-0.2, 0) is 9.59 Å². The fourth-order valence-electron chi connectivity index (χ4n) is 5.46. The first-order valence-electron chi connectivity index (χ1n) is 14.8. The Balaban J connectivity index is 1.30. The molecular formula is C34H35ClN6O4S. The van der Waals surface area contributed by atoms with E-state index in [1.807, 2.05) is 26.0 Å².